The molecule has 1 aromatic carbocycles. The zero-order chi connectivity index (χ0) is 17.9. The summed E-state index contributed by atoms with van der Waals surface area (Å²) in [7, 11) is 0. The number of nitrogens with one attached hydrogen (secondary N) is 2. The molecule has 0 radical (unpaired) electrons. The van der Waals surface area contributed by atoms with Crippen LogP contribution in [0.3, 0.4) is 0 Å². The summed E-state index contributed by atoms with van der Waals surface area (Å²) < 4.78 is 0. The number of hydrazone groups is 1. The van der Waals surface area contributed by atoms with Gasteiger partial charge in [0.2, 0.25) is 0 Å². The molecule has 0 aromatic heterocycles. The van der Waals surface area contributed by atoms with Crippen molar-refractivity contribution in [3.05, 3.63) is 77.1 Å². The van der Waals surface area contributed by atoms with E-state index >= 15 is 0 Å². The number of hydrogen-bond acceptors (Lipinski definition) is 4. The van der Waals surface area contributed by atoms with Crippen LogP contribution in [-0.2, 0) is 0 Å². The van der Waals surface area contributed by atoms with Gasteiger partial charge >= 0.3 is 0 Å². The summed E-state index contributed by atoms with van der Waals surface area (Å²) in [5.41, 5.74) is 16.2. The number of nitrogens with zero attached hydrogens (tertiary/aromatic N) is 1. The number of nitrogen functional groups attached to an aromatic ring is 1. The second-order valence-corrected chi connectivity index (χ2v) is 7.03. The molecule has 1 unspecified atom stereocenters. The number of anilines is 1. The lowest BCUT2D eigenvalue weighted by molar-refractivity contribution is 0.564. The van der Waals surface area contributed by atoms with E-state index in [4.69, 9.17) is 16.2 Å². The minimum absolute atomic E-state index is 0.297. The van der Waals surface area contributed by atoms with Crippen molar-refractivity contribution >= 4 is 17.1 Å². The van der Waals surface area contributed by atoms with Crippen LogP contribution >= 0.6 is 0 Å². The summed E-state index contributed by atoms with van der Waals surface area (Å²) in [5, 5.41) is 12.5. The standard InChI is InChI=1S/C22H24N4/c23-17-11-7-15(8-12-17)21-19-5-3-1-2-4-6-20(19)22(26-25-21)16-9-13-18(24)14-10-16/h5,7-14,20,23,25H,1-4,6,24H2/b19-5+,21-15?,23-17?. The average Bonchev–Trinajstić information content (AvgIpc) is 2.63. The van der Waals surface area contributed by atoms with E-state index in [1.165, 1.54) is 24.8 Å². The molecule has 0 amide bonds. The number of allylic oxidation sites excluding steroid dienone is 7. The Balaban J connectivity index is 1.79. The van der Waals surface area contributed by atoms with Crippen molar-refractivity contribution in [1.29, 1.82) is 5.41 Å². The van der Waals surface area contributed by atoms with Gasteiger partial charge in [0.1, 0.15) is 0 Å². The Morgan fingerprint density at radius 3 is 2.54 bits per heavy atom. The first-order valence-electron chi connectivity index (χ1n) is 9.31. The van der Waals surface area contributed by atoms with E-state index in [9.17, 15) is 0 Å². The topological polar surface area (TPSA) is 74.3 Å². The van der Waals surface area contributed by atoms with Crippen LogP contribution in [0.25, 0.3) is 0 Å². The molecular weight excluding hydrogens is 320 g/mol. The zero-order valence-corrected chi connectivity index (χ0v) is 14.8. The smallest absolute Gasteiger partial charge is 0.0754 e. The fraction of sp³-hybridized carbons (Fsp3) is 0.273. The lowest BCUT2D eigenvalue weighted by Crippen LogP contribution is -2.31. The zero-order valence-electron chi connectivity index (χ0n) is 14.8. The van der Waals surface area contributed by atoms with Gasteiger partial charge < -0.3 is 11.1 Å². The van der Waals surface area contributed by atoms with Crippen LogP contribution in [-0.4, -0.2) is 11.4 Å². The number of nitrogens with two attached hydrogens (primary N) is 1. The van der Waals surface area contributed by atoms with Crippen LogP contribution in [0, 0.1) is 11.3 Å². The summed E-state index contributed by atoms with van der Waals surface area (Å²) in [6.07, 6.45) is 16.0. The highest BCUT2D eigenvalue weighted by atomic mass is 15.3. The third-order valence-electron chi connectivity index (χ3n) is 5.22. The van der Waals surface area contributed by atoms with Gasteiger partial charge in [0.25, 0.3) is 0 Å². The third kappa shape index (κ3) is 3.27. The highest BCUT2D eigenvalue weighted by Gasteiger charge is 2.30. The van der Waals surface area contributed by atoms with Gasteiger partial charge in [-0.25, -0.2) is 0 Å². The minimum Gasteiger partial charge on any atom is -0.399 e. The Kier molecular flexibility index (Phi) is 4.57. The minimum atomic E-state index is 0.297. The summed E-state index contributed by atoms with van der Waals surface area (Å²) >= 11 is 0. The Labute approximate surface area is 154 Å². The van der Waals surface area contributed by atoms with E-state index in [-0.39, 0.29) is 0 Å². The van der Waals surface area contributed by atoms with Gasteiger partial charge in [-0.15, -0.1) is 0 Å². The van der Waals surface area contributed by atoms with Crippen molar-refractivity contribution in [2.24, 2.45) is 11.0 Å². The normalized spacial score (nSPS) is 24.8. The predicted molar refractivity (Wildman–Crippen MR) is 108 cm³/mol. The van der Waals surface area contributed by atoms with Gasteiger partial charge in [-0.05, 0) is 60.3 Å². The van der Waals surface area contributed by atoms with Crippen LogP contribution < -0.4 is 11.2 Å². The van der Waals surface area contributed by atoms with E-state index in [1.807, 2.05) is 36.4 Å². The molecule has 26 heavy (non-hydrogen) atoms. The van der Waals surface area contributed by atoms with Gasteiger partial charge in [0.15, 0.2) is 0 Å². The van der Waals surface area contributed by atoms with Crippen molar-refractivity contribution in [1.82, 2.24) is 5.43 Å². The maximum Gasteiger partial charge on any atom is 0.0754 e. The van der Waals surface area contributed by atoms with Gasteiger partial charge in [0.05, 0.1) is 17.1 Å². The molecule has 4 heteroatoms. The van der Waals surface area contributed by atoms with E-state index in [0.29, 0.717) is 11.6 Å². The molecule has 1 aliphatic heterocycles. The molecule has 2 aliphatic carbocycles. The van der Waals surface area contributed by atoms with Crippen molar-refractivity contribution in [3.63, 3.8) is 0 Å². The molecule has 1 atom stereocenters. The Morgan fingerprint density at radius 1 is 1.00 bits per heavy atom. The number of fused-ring (bicyclic) bond motifs is 1. The fourth-order valence-electron chi connectivity index (χ4n) is 3.83. The lowest BCUT2D eigenvalue weighted by atomic mass is 9.80. The third-order valence-corrected chi connectivity index (χ3v) is 5.22. The second kappa shape index (κ2) is 7.16. The van der Waals surface area contributed by atoms with E-state index < -0.39 is 0 Å². The number of hydrogen-bond donors (Lipinski definition) is 3. The fourth-order valence-corrected chi connectivity index (χ4v) is 3.83. The highest BCUT2D eigenvalue weighted by Crippen LogP contribution is 2.35. The highest BCUT2D eigenvalue weighted by molar-refractivity contribution is 6.06. The summed E-state index contributed by atoms with van der Waals surface area (Å²) in [6.45, 7) is 0. The number of rotatable bonds is 1. The van der Waals surface area contributed by atoms with Crippen LogP contribution in [0.1, 0.15) is 37.7 Å². The first-order chi connectivity index (χ1) is 12.7. The van der Waals surface area contributed by atoms with Crippen molar-refractivity contribution in [2.45, 2.75) is 32.1 Å². The second-order valence-electron chi connectivity index (χ2n) is 7.03. The first-order valence-corrected chi connectivity index (χ1v) is 9.31. The molecule has 4 rings (SSSR count). The van der Waals surface area contributed by atoms with Crippen molar-refractivity contribution in [3.8, 4) is 0 Å². The SMILES string of the molecule is N=C1C=CC(=C2NN=C(c3ccc(N)cc3)C3CCCCC/C=C/23)C=C1. The van der Waals surface area contributed by atoms with E-state index in [2.05, 4.69) is 23.6 Å². The molecule has 4 N–H and O–H groups in total. The van der Waals surface area contributed by atoms with Crippen LogP contribution in [0.2, 0.25) is 0 Å². The molecule has 1 heterocycles. The Hall–Kier alpha value is -2.88. The molecule has 0 saturated carbocycles. The molecule has 3 aliphatic rings. The Morgan fingerprint density at radius 2 is 1.77 bits per heavy atom. The van der Waals surface area contributed by atoms with Gasteiger partial charge in [-0.3, -0.25) is 5.43 Å². The lowest BCUT2D eigenvalue weighted by Gasteiger charge is -2.31. The monoisotopic (exact) mass is 344 g/mol. The number of benzene rings is 1. The van der Waals surface area contributed by atoms with Gasteiger partial charge in [0, 0.05) is 11.6 Å². The quantitative estimate of drug-likeness (QED) is 0.657. The molecule has 0 bridgehead atoms. The maximum absolute atomic E-state index is 7.73. The van der Waals surface area contributed by atoms with Crippen LogP contribution in [0.15, 0.2) is 76.6 Å². The van der Waals surface area contributed by atoms with E-state index in [1.54, 1.807) is 0 Å². The maximum atomic E-state index is 7.73. The first kappa shape index (κ1) is 16.6. The molecule has 132 valence electrons. The van der Waals surface area contributed by atoms with Gasteiger partial charge in [-0.2, -0.15) is 5.10 Å². The summed E-state index contributed by atoms with van der Waals surface area (Å²) in [6, 6.07) is 8.00. The van der Waals surface area contributed by atoms with Crippen LogP contribution in [0.5, 0.6) is 0 Å². The van der Waals surface area contributed by atoms with E-state index in [0.717, 1.165) is 41.1 Å². The average molecular weight is 344 g/mol. The Bertz CT molecular complexity index is 848. The molecule has 0 spiro atoms. The van der Waals surface area contributed by atoms with Crippen LogP contribution in [0.4, 0.5) is 5.69 Å². The summed E-state index contributed by atoms with van der Waals surface area (Å²) in [5.74, 6) is 0.297. The van der Waals surface area contributed by atoms with Crippen molar-refractivity contribution < 1.29 is 0 Å². The molecule has 1 aromatic rings. The molecular formula is C22H24N4. The predicted octanol–water partition coefficient (Wildman–Crippen LogP) is 4.48. The molecule has 0 saturated heterocycles. The summed E-state index contributed by atoms with van der Waals surface area (Å²) in [4.78, 5) is 0. The molecule has 4 nitrogen and oxygen atoms in total. The molecule has 0 fully saturated rings. The van der Waals surface area contributed by atoms with Crippen molar-refractivity contribution in [2.75, 3.05) is 5.73 Å². The van der Waals surface area contributed by atoms with Gasteiger partial charge in [-0.1, -0.05) is 43.2 Å². The largest absolute Gasteiger partial charge is 0.399 e.